The minimum absolute atomic E-state index is 0.207. The monoisotopic (exact) mass is 269 g/mol. The van der Waals surface area contributed by atoms with Crippen molar-refractivity contribution in [1.82, 2.24) is 4.98 Å². The maximum Gasteiger partial charge on any atom is 0.195 e. The van der Waals surface area contributed by atoms with Crippen LogP contribution < -0.4 is 11.5 Å². The van der Waals surface area contributed by atoms with Crippen LogP contribution in [0.15, 0.2) is 42.6 Å². The number of halogens is 1. The van der Waals surface area contributed by atoms with Gasteiger partial charge in [0.15, 0.2) is 5.78 Å². The van der Waals surface area contributed by atoms with E-state index in [2.05, 4.69) is 4.98 Å². The van der Waals surface area contributed by atoms with Crippen molar-refractivity contribution in [1.29, 1.82) is 0 Å². The molecule has 0 aliphatic heterocycles. The molecule has 2 aromatic carbocycles. The largest absolute Gasteiger partial charge is 0.399 e. The topological polar surface area (TPSA) is 84.9 Å². The third-order valence-corrected chi connectivity index (χ3v) is 3.13. The molecule has 3 aromatic rings. The zero-order valence-corrected chi connectivity index (χ0v) is 10.5. The first-order valence-electron chi connectivity index (χ1n) is 6.02. The van der Waals surface area contributed by atoms with Crippen LogP contribution in [0.1, 0.15) is 15.9 Å². The molecule has 0 bridgehead atoms. The number of carbonyl (C=O) groups is 1. The number of fused-ring (bicyclic) bond motifs is 1. The first kappa shape index (κ1) is 12.2. The smallest absolute Gasteiger partial charge is 0.195 e. The maximum absolute atomic E-state index is 13.1. The Morgan fingerprint density at radius 2 is 1.75 bits per heavy atom. The summed E-state index contributed by atoms with van der Waals surface area (Å²) in [7, 11) is 0. The van der Waals surface area contributed by atoms with Gasteiger partial charge in [0.1, 0.15) is 5.82 Å². The van der Waals surface area contributed by atoms with Gasteiger partial charge in [-0.05, 0) is 36.4 Å². The summed E-state index contributed by atoms with van der Waals surface area (Å²) in [6.45, 7) is 0. The highest BCUT2D eigenvalue weighted by atomic mass is 19.1. The molecule has 0 unspecified atom stereocenters. The van der Waals surface area contributed by atoms with Crippen LogP contribution in [0.5, 0.6) is 0 Å². The van der Waals surface area contributed by atoms with E-state index in [1.807, 2.05) is 0 Å². The van der Waals surface area contributed by atoms with Gasteiger partial charge in [0.2, 0.25) is 0 Å². The number of nitrogens with two attached hydrogens (primary N) is 2. The van der Waals surface area contributed by atoms with Gasteiger partial charge in [-0.3, -0.25) is 4.79 Å². The Morgan fingerprint density at radius 3 is 2.45 bits per heavy atom. The van der Waals surface area contributed by atoms with Gasteiger partial charge in [-0.1, -0.05) is 0 Å². The average molecular weight is 269 g/mol. The Labute approximate surface area is 114 Å². The molecule has 5 N–H and O–H groups in total. The molecule has 0 saturated heterocycles. The molecule has 4 nitrogen and oxygen atoms in total. The summed E-state index contributed by atoms with van der Waals surface area (Å²) in [5.41, 5.74) is 13.7. The van der Waals surface area contributed by atoms with E-state index in [1.54, 1.807) is 30.5 Å². The van der Waals surface area contributed by atoms with Gasteiger partial charge in [-0.15, -0.1) is 0 Å². The maximum atomic E-state index is 13.1. The van der Waals surface area contributed by atoms with Crippen LogP contribution in [0.2, 0.25) is 0 Å². The van der Waals surface area contributed by atoms with Crippen LogP contribution in [-0.2, 0) is 0 Å². The van der Waals surface area contributed by atoms with Crippen LogP contribution in [0, 0.1) is 5.82 Å². The van der Waals surface area contributed by atoms with Crippen molar-refractivity contribution in [3.63, 3.8) is 0 Å². The van der Waals surface area contributed by atoms with Gasteiger partial charge < -0.3 is 16.5 Å². The van der Waals surface area contributed by atoms with Gasteiger partial charge in [0.05, 0.1) is 0 Å². The average Bonchev–Trinajstić information content (AvgIpc) is 2.79. The molecule has 3 rings (SSSR count). The van der Waals surface area contributed by atoms with Crippen molar-refractivity contribution >= 4 is 28.1 Å². The second-order valence-corrected chi connectivity index (χ2v) is 4.61. The molecule has 0 radical (unpaired) electrons. The van der Waals surface area contributed by atoms with Gasteiger partial charge >= 0.3 is 0 Å². The quantitative estimate of drug-likeness (QED) is 0.494. The van der Waals surface area contributed by atoms with E-state index in [4.69, 9.17) is 11.5 Å². The summed E-state index contributed by atoms with van der Waals surface area (Å²) in [5.74, 6) is -0.562. The standard InChI is InChI=1S/C15H12FN3O/c16-9-1-2-12-13(7-19-14(12)5-9)15(20)8-3-10(17)6-11(18)4-8/h1-7,19H,17-18H2. The minimum Gasteiger partial charge on any atom is -0.399 e. The molecule has 20 heavy (non-hydrogen) atoms. The highest BCUT2D eigenvalue weighted by Gasteiger charge is 2.15. The first-order valence-corrected chi connectivity index (χ1v) is 6.02. The molecule has 0 fully saturated rings. The number of rotatable bonds is 2. The highest BCUT2D eigenvalue weighted by Crippen LogP contribution is 2.23. The normalized spacial score (nSPS) is 10.8. The molecule has 5 heteroatoms. The Balaban J connectivity index is 2.12. The van der Waals surface area contributed by atoms with E-state index < -0.39 is 0 Å². The molecule has 1 aromatic heterocycles. The van der Waals surface area contributed by atoms with Crippen LogP contribution in [0.25, 0.3) is 10.9 Å². The number of aromatic nitrogens is 1. The lowest BCUT2D eigenvalue weighted by Crippen LogP contribution is -2.03. The molecular weight excluding hydrogens is 257 g/mol. The van der Waals surface area contributed by atoms with Crippen molar-refractivity contribution in [2.45, 2.75) is 0 Å². The predicted molar refractivity (Wildman–Crippen MR) is 77.0 cm³/mol. The van der Waals surface area contributed by atoms with Crippen molar-refractivity contribution in [2.75, 3.05) is 11.5 Å². The Morgan fingerprint density at radius 1 is 1.05 bits per heavy atom. The number of H-pyrrole nitrogens is 1. The third kappa shape index (κ3) is 1.99. The summed E-state index contributed by atoms with van der Waals surface area (Å²) < 4.78 is 13.1. The Bertz CT molecular complexity index is 803. The lowest BCUT2D eigenvalue weighted by atomic mass is 10.0. The van der Waals surface area contributed by atoms with E-state index in [9.17, 15) is 9.18 Å². The van der Waals surface area contributed by atoms with Crippen LogP contribution in [-0.4, -0.2) is 10.8 Å². The van der Waals surface area contributed by atoms with E-state index in [-0.39, 0.29) is 11.6 Å². The van der Waals surface area contributed by atoms with Crippen molar-refractivity contribution in [3.8, 4) is 0 Å². The van der Waals surface area contributed by atoms with Crippen LogP contribution in [0.3, 0.4) is 0 Å². The zero-order chi connectivity index (χ0) is 14.3. The number of ketones is 1. The molecule has 100 valence electrons. The molecule has 0 aliphatic rings. The van der Waals surface area contributed by atoms with Crippen LogP contribution >= 0.6 is 0 Å². The first-order chi connectivity index (χ1) is 9.54. The number of hydrogen-bond acceptors (Lipinski definition) is 3. The fourth-order valence-corrected chi connectivity index (χ4v) is 2.25. The van der Waals surface area contributed by atoms with Crippen molar-refractivity contribution in [3.05, 3.63) is 59.5 Å². The van der Waals surface area contributed by atoms with Gasteiger partial charge in [0.25, 0.3) is 0 Å². The molecular formula is C15H12FN3O. The Hall–Kier alpha value is -2.82. The number of nitrogens with one attached hydrogen (secondary N) is 1. The van der Waals surface area contributed by atoms with E-state index in [1.165, 1.54) is 12.1 Å². The number of nitrogen functional groups attached to an aromatic ring is 2. The molecule has 1 heterocycles. The summed E-state index contributed by atoms with van der Waals surface area (Å²) >= 11 is 0. The summed E-state index contributed by atoms with van der Waals surface area (Å²) in [6, 6.07) is 8.97. The molecule has 0 spiro atoms. The number of hydrogen-bond donors (Lipinski definition) is 3. The van der Waals surface area contributed by atoms with E-state index in [0.29, 0.717) is 33.4 Å². The SMILES string of the molecule is Nc1cc(N)cc(C(=O)c2c[nH]c3cc(F)ccc23)c1. The lowest BCUT2D eigenvalue weighted by Gasteiger charge is -2.03. The zero-order valence-electron chi connectivity index (χ0n) is 10.5. The summed E-state index contributed by atoms with van der Waals surface area (Å²) in [4.78, 5) is 15.4. The second-order valence-electron chi connectivity index (χ2n) is 4.61. The lowest BCUT2D eigenvalue weighted by molar-refractivity contribution is 0.104. The second kappa shape index (κ2) is 4.38. The minimum atomic E-state index is -0.355. The van der Waals surface area contributed by atoms with Crippen molar-refractivity contribution < 1.29 is 9.18 Å². The third-order valence-electron chi connectivity index (χ3n) is 3.13. The van der Waals surface area contributed by atoms with Gasteiger partial charge in [-0.25, -0.2) is 4.39 Å². The summed E-state index contributed by atoms with van der Waals surface area (Å²) in [6.07, 6.45) is 1.56. The fraction of sp³-hybridized carbons (Fsp3) is 0. The fourth-order valence-electron chi connectivity index (χ4n) is 2.25. The van der Waals surface area contributed by atoms with Gasteiger partial charge in [-0.2, -0.15) is 0 Å². The number of benzene rings is 2. The van der Waals surface area contributed by atoms with Gasteiger partial charge in [0, 0.05) is 39.6 Å². The summed E-state index contributed by atoms with van der Waals surface area (Å²) in [5, 5.41) is 0.664. The molecule has 0 aliphatic carbocycles. The van der Waals surface area contributed by atoms with E-state index in [0.717, 1.165) is 0 Å². The number of carbonyl (C=O) groups excluding carboxylic acids is 1. The molecule has 0 saturated carbocycles. The number of aromatic amines is 1. The molecule has 0 amide bonds. The van der Waals surface area contributed by atoms with Crippen LogP contribution in [0.4, 0.5) is 15.8 Å². The Kier molecular flexibility index (Phi) is 2.68. The molecule has 0 atom stereocenters. The number of anilines is 2. The van der Waals surface area contributed by atoms with E-state index >= 15 is 0 Å². The predicted octanol–water partition coefficient (Wildman–Crippen LogP) is 2.70. The van der Waals surface area contributed by atoms with Crippen molar-refractivity contribution in [2.24, 2.45) is 0 Å². The highest BCUT2D eigenvalue weighted by molar-refractivity contribution is 6.16.